The van der Waals surface area contributed by atoms with E-state index in [1.165, 1.54) is 16.9 Å². The van der Waals surface area contributed by atoms with Crippen molar-refractivity contribution in [2.75, 3.05) is 13.1 Å². The van der Waals surface area contributed by atoms with Gasteiger partial charge in [-0.25, -0.2) is 19.2 Å². The normalized spacial score (nSPS) is 19.8. The molecule has 166 valence electrons. The molecular weight excluding hydrogens is 411 g/mol. The summed E-state index contributed by atoms with van der Waals surface area (Å²) in [6, 6.07) is 6.88. The van der Waals surface area contributed by atoms with Crippen LogP contribution < -0.4 is 5.69 Å². The van der Waals surface area contributed by atoms with Crippen LogP contribution in [-0.2, 0) is 17.8 Å². The first kappa shape index (κ1) is 20.7. The summed E-state index contributed by atoms with van der Waals surface area (Å²) in [6.07, 6.45) is 3.55. The number of rotatable bonds is 4. The van der Waals surface area contributed by atoms with Crippen molar-refractivity contribution in [3.63, 3.8) is 0 Å². The third kappa shape index (κ3) is 3.78. The third-order valence-electron chi connectivity index (χ3n) is 5.84. The van der Waals surface area contributed by atoms with Gasteiger partial charge in [0.1, 0.15) is 17.8 Å². The SMILES string of the molecule is Cc1cc(Cn2c(=O)n3ncnc3c3cc(CN4CC(C)O[C@H](C)C4)cnc32)ccc1F. The lowest BCUT2D eigenvalue weighted by molar-refractivity contribution is -0.0705. The number of ether oxygens (including phenoxy) is 1. The highest BCUT2D eigenvalue weighted by atomic mass is 19.1. The second-order valence-electron chi connectivity index (χ2n) is 8.61. The van der Waals surface area contributed by atoms with E-state index in [2.05, 4.69) is 33.8 Å². The van der Waals surface area contributed by atoms with Gasteiger partial charge in [-0.3, -0.25) is 9.47 Å². The molecule has 1 aliphatic heterocycles. The zero-order valence-electron chi connectivity index (χ0n) is 18.3. The van der Waals surface area contributed by atoms with E-state index in [1.807, 2.05) is 12.3 Å². The fraction of sp³-hybridized carbons (Fsp3) is 0.391. The monoisotopic (exact) mass is 436 g/mol. The number of fused-ring (bicyclic) bond motifs is 3. The van der Waals surface area contributed by atoms with Crippen molar-refractivity contribution < 1.29 is 9.13 Å². The average Bonchev–Trinajstić information content (AvgIpc) is 3.23. The smallest absolute Gasteiger partial charge is 0.352 e. The minimum atomic E-state index is -0.331. The van der Waals surface area contributed by atoms with Gasteiger partial charge in [-0.2, -0.15) is 9.61 Å². The van der Waals surface area contributed by atoms with Gasteiger partial charge in [0.05, 0.1) is 24.1 Å². The van der Waals surface area contributed by atoms with Crippen LogP contribution in [0.5, 0.6) is 0 Å². The second-order valence-corrected chi connectivity index (χ2v) is 8.61. The number of aryl methyl sites for hydroxylation is 1. The first-order valence-electron chi connectivity index (χ1n) is 10.7. The Morgan fingerprint density at radius 3 is 2.59 bits per heavy atom. The van der Waals surface area contributed by atoms with Crippen LogP contribution >= 0.6 is 0 Å². The minimum Gasteiger partial charge on any atom is -0.373 e. The van der Waals surface area contributed by atoms with Gasteiger partial charge in [-0.15, -0.1) is 0 Å². The highest BCUT2D eigenvalue weighted by molar-refractivity contribution is 5.89. The van der Waals surface area contributed by atoms with Crippen LogP contribution in [0.1, 0.15) is 30.5 Å². The van der Waals surface area contributed by atoms with Gasteiger partial charge in [-0.05, 0) is 49.6 Å². The van der Waals surface area contributed by atoms with Gasteiger partial charge in [-0.1, -0.05) is 12.1 Å². The highest BCUT2D eigenvalue weighted by Gasteiger charge is 2.23. The first-order chi connectivity index (χ1) is 15.4. The van der Waals surface area contributed by atoms with Gasteiger partial charge in [0, 0.05) is 25.8 Å². The molecule has 9 heteroatoms. The molecule has 3 aromatic heterocycles. The standard InChI is InChI=1S/C23H25FN6O2/c1-14-6-17(4-5-20(14)24)12-29-21-19(22-26-13-27-30(22)23(29)31)7-18(8-25-21)11-28-9-15(2)32-16(3)10-28/h4-8,13,15-16H,9-12H2,1-3H3/t15-,16?/m1/s1. The van der Waals surface area contributed by atoms with Crippen LogP contribution in [-0.4, -0.2) is 54.3 Å². The number of pyridine rings is 1. The molecule has 0 saturated carbocycles. The molecule has 0 amide bonds. The molecule has 1 unspecified atom stereocenters. The van der Waals surface area contributed by atoms with Gasteiger partial charge >= 0.3 is 5.69 Å². The van der Waals surface area contributed by atoms with E-state index in [4.69, 9.17) is 4.74 Å². The maximum atomic E-state index is 13.7. The predicted octanol–water partition coefficient (Wildman–Crippen LogP) is 2.54. The van der Waals surface area contributed by atoms with E-state index >= 15 is 0 Å². The molecule has 0 aliphatic carbocycles. The summed E-state index contributed by atoms with van der Waals surface area (Å²) in [6.45, 7) is 8.57. The Kier molecular flexibility index (Phi) is 5.22. The summed E-state index contributed by atoms with van der Waals surface area (Å²) in [7, 11) is 0. The first-order valence-corrected chi connectivity index (χ1v) is 10.7. The van der Waals surface area contributed by atoms with Crippen molar-refractivity contribution in [2.24, 2.45) is 0 Å². The van der Waals surface area contributed by atoms with Crippen molar-refractivity contribution in [3.8, 4) is 0 Å². The van der Waals surface area contributed by atoms with Crippen molar-refractivity contribution in [3.05, 3.63) is 69.8 Å². The maximum Gasteiger partial charge on any atom is 0.352 e. The van der Waals surface area contributed by atoms with E-state index in [-0.39, 0.29) is 30.3 Å². The van der Waals surface area contributed by atoms with Crippen molar-refractivity contribution in [2.45, 2.75) is 46.1 Å². The van der Waals surface area contributed by atoms with Gasteiger partial charge in [0.2, 0.25) is 0 Å². The molecule has 4 heterocycles. The molecule has 1 aromatic carbocycles. The number of morpholine rings is 1. The topological polar surface area (TPSA) is 77.5 Å². The molecule has 0 spiro atoms. The largest absolute Gasteiger partial charge is 0.373 e. The Balaban J connectivity index is 1.57. The van der Waals surface area contributed by atoms with Crippen LogP contribution in [0.25, 0.3) is 16.7 Å². The molecule has 8 nitrogen and oxygen atoms in total. The summed E-state index contributed by atoms with van der Waals surface area (Å²) >= 11 is 0. The Morgan fingerprint density at radius 1 is 1.06 bits per heavy atom. The lowest BCUT2D eigenvalue weighted by Gasteiger charge is -2.35. The van der Waals surface area contributed by atoms with Crippen LogP contribution in [0, 0.1) is 12.7 Å². The number of halogens is 1. The lowest BCUT2D eigenvalue weighted by Crippen LogP contribution is -2.44. The molecule has 2 atom stereocenters. The quantitative estimate of drug-likeness (QED) is 0.489. The van der Waals surface area contributed by atoms with Crippen molar-refractivity contribution in [1.82, 2.24) is 29.0 Å². The summed E-state index contributed by atoms with van der Waals surface area (Å²) < 4.78 is 22.4. The zero-order chi connectivity index (χ0) is 22.4. The van der Waals surface area contributed by atoms with E-state index in [0.717, 1.165) is 36.1 Å². The molecule has 4 aromatic rings. The number of aromatic nitrogens is 5. The molecule has 1 saturated heterocycles. The number of nitrogens with zero attached hydrogens (tertiary/aromatic N) is 6. The Bertz CT molecular complexity index is 1350. The van der Waals surface area contributed by atoms with Crippen molar-refractivity contribution in [1.29, 1.82) is 0 Å². The summed E-state index contributed by atoms with van der Waals surface area (Å²) in [4.78, 5) is 24.4. The fourth-order valence-electron chi connectivity index (χ4n) is 4.54. The van der Waals surface area contributed by atoms with Crippen LogP contribution in [0.4, 0.5) is 4.39 Å². The fourth-order valence-corrected chi connectivity index (χ4v) is 4.54. The average molecular weight is 436 g/mol. The van der Waals surface area contributed by atoms with Gasteiger partial charge < -0.3 is 4.74 Å². The van der Waals surface area contributed by atoms with Crippen LogP contribution in [0.2, 0.25) is 0 Å². The third-order valence-corrected chi connectivity index (χ3v) is 5.84. The van der Waals surface area contributed by atoms with E-state index in [1.54, 1.807) is 23.6 Å². The Hall–Kier alpha value is -3.17. The maximum absolute atomic E-state index is 13.7. The van der Waals surface area contributed by atoms with Gasteiger partial charge in [0.15, 0.2) is 5.65 Å². The summed E-state index contributed by atoms with van der Waals surface area (Å²) in [5.74, 6) is -0.271. The number of hydrogen-bond donors (Lipinski definition) is 0. The van der Waals surface area contributed by atoms with Crippen LogP contribution in [0.15, 0.2) is 41.6 Å². The molecule has 1 fully saturated rings. The van der Waals surface area contributed by atoms with E-state index < -0.39 is 0 Å². The van der Waals surface area contributed by atoms with E-state index in [0.29, 0.717) is 16.9 Å². The molecule has 32 heavy (non-hydrogen) atoms. The molecule has 5 rings (SSSR count). The minimum absolute atomic E-state index is 0.180. The predicted molar refractivity (Wildman–Crippen MR) is 118 cm³/mol. The second kappa shape index (κ2) is 8.07. The summed E-state index contributed by atoms with van der Waals surface area (Å²) in [5.41, 5.74) is 3.06. The number of hydrogen-bond acceptors (Lipinski definition) is 6. The molecule has 1 aliphatic rings. The lowest BCUT2D eigenvalue weighted by atomic mass is 10.1. The highest BCUT2D eigenvalue weighted by Crippen LogP contribution is 2.20. The Morgan fingerprint density at radius 2 is 1.84 bits per heavy atom. The molecular formula is C23H25FN6O2. The van der Waals surface area contributed by atoms with E-state index in [9.17, 15) is 9.18 Å². The molecule has 0 radical (unpaired) electrons. The van der Waals surface area contributed by atoms with Crippen LogP contribution in [0.3, 0.4) is 0 Å². The molecule has 0 N–H and O–H groups in total. The number of benzene rings is 1. The van der Waals surface area contributed by atoms with Crippen molar-refractivity contribution >= 4 is 16.7 Å². The summed E-state index contributed by atoms with van der Waals surface area (Å²) in [5, 5.41) is 4.88. The Labute approximate surface area is 184 Å². The van der Waals surface area contributed by atoms with Gasteiger partial charge in [0.25, 0.3) is 0 Å². The zero-order valence-corrected chi connectivity index (χ0v) is 18.3. The molecule has 0 bridgehead atoms.